The maximum Gasteiger partial charge on any atom is 0.120 e. The maximum absolute atomic E-state index is 8.86. The van der Waals surface area contributed by atoms with Gasteiger partial charge in [0.1, 0.15) is 11.8 Å². The van der Waals surface area contributed by atoms with Crippen molar-refractivity contribution in [2.75, 3.05) is 19.8 Å². The van der Waals surface area contributed by atoms with Crippen molar-refractivity contribution < 1.29 is 4.74 Å². The topological polar surface area (TPSA) is 50.0 Å². The SMILES string of the molecule is Cn1cc(CNCC2CCOCC2)cc1C#N. The van der Waals surface area contributed by atoms with E-state index in [1.807, 2.05) is 23.9 Å². The van der Waals surface area contributed by atoms with Crippen LogP contribution in [0.3, 0.4) is 0 Å². The predicted molar refractivity (Wildman–Crippen MR) is 65.4 cm³/mol. The number of nitrogens with one attached hydrogen (secondary N) is 1. The van der Waals surface area contributed by atoms with Gasteiger partial charge >= 0.3 is 0 Å². The molecule has 2 rings (SSSR count). The van der Waals surface area contributed by atoms with Gasteiger partial charge in [0.05, 0.1) is 0 Å². The van der Waals surface area contributed by atoms with E-state index in [1.165, 1.54) is 5.56 Å². The first-order valence-corrected chi connectivity index (χ1v) is 6.13. The molecule has 2 heterocycles. The van der Waals surface area contributed by atoms with Crippen molar-refractivity contribution in [2.45, 2.75) is 19.4 Å². The third-order valence-corrected chi connectivity index (χ3v) is 3.28. The van der Waals surface area contributed by atoms with Crippen LogP contribution in [-0.2, 0) is 18.3 Å². The summed E-state index contributed by atoms with van der Waals surface area (Å²) < 4.78 is 7.20. The molecule has 4 nitrogen and oxygen atoms in total. The lowest BCUT2D eigenvalue weighted by molar-refractivity contribution is 0.0662. The molecule has 0 saturated carbocycles. The van der Waals surface area contributed by atoms with Crippen molar-refractivity contribution in [2.24, 2.45) is 13.0 Å². The van der Waals surface area contributed by atoms with E-state index in [0.717, 1.165) is 45.1 Å². The monoisotopic (exact) mass is 233 g/mol. The van der Waals surface area contributed by atoms with Crippen molar-refractivity contribution >= 4 is 0 Å². The molecule has 0 aliphatic carbocycles. The maximum atomic E-state index is 8.86. The highest BCUT2D eigenvalue weighted by Crippen LogP contribution is 2.13. The summed E-state index contributed by atoms with van der Waals surface area (Å²) in [6.45, 7) is 3.68. The van der Waals surface area contributed by atoms with Gasteiger partial charge < -0.3 is 14.6 Å². The molecule has 0 unspecified atom stereocenters. The molecule has 92 valence electrons. The first-order valence-electron chi connectivity index (χ1n) is 6.13. The summed E-state index contributed by atoms with van der Waals surface area (Å²) in [6.07, 6.45) is 4.33. The van der Waals surface area contributed by atoms with Crippen LogP contribution in [0.25, 0.3) is 0 Å². The van der Waals surface area contributed by atoms with Gasteiger partial charge in [-0.2, -0.15) is 5.26 Å². The number of ether oxygens (including phenoxy) is 1. The molecular weight excluding hydrogens is 214 g/mol. The van der Waals surface area contributed by atoms with Crippen molar-refractivity contribution in [1.29, 1.82) is 5.26 Å². The number of hydrogen-bond donors (Lipinski definition) is 1. The van der Waals surface area contributed by atoms with Crippen LogP contribution in [0.4, 0.5) is 0 Å². The molecule has 1 N–H and O–H groups in total. The van der Waals surface area contributed by atoms with Crippen LogP contribution in [0, 0.1) is 17.2 Å². The second-order valence-corrected chi connectivity index (χ2v) is 4.64. The largest absolute Gasteiger partial charge is 0.381 e. The fourth-order valence-corrected chi connectivity index (χ4v) is 2.21. The summed E-state index contributed by atoms with van der Waals surface area (Å²) in [5.41, 5.74) is 1.89. The lowest BCUT2D eigenvalue weighted by atomic mass is 10.0. The smallest absolute Gasteiger partial charge is 0.120 e. The highest BCUT2D eigenvalue weighted by molar-refractivity contribution is 5.28. The molecule has 1 aliphatic heterocycles. The summed E-state index contributed by atoms with van der Waals surface area (Å²) in [5.74, 6) is 0.739. The van der Waals surface area contributed by atoms with Crippen molar-refractivity contribution in [3.63, 3.8) is 0 Å². The van der Waals surface area contributed by atoms with Crippen LogP contribution < -0.4 is 5.32 Å². The van der Waals surface area contributed by atoms with Crippen molar-refractivity contribution in [3.8, 4) is 6.07 Å². The Labute approximate surface area is 102 Å². The van der Waals surface area contributed by atoms with Gasteiger partial charge in [-0.3, -0.25) is 0 Å². The lowest BCUT2D eigenvalue weighted by Crippen LogP contribution is -2.27. The molecule has 1 aromatic heterocycles. The van der Waals surface area contributed by atoms with Crippen LogP contribution in [0.5, 0.6) is 0 Å². The minimum absolute atomic E-state index is 0.716. The minimum Gasteiger partial charge on any atom is -0.381 e. The van der Waals surface area contributed by atoms with E-state index in [9.17, 15) is 0 Å². The molecule has 0 amide bonds. The van der Waals surface area contributed by atoms with E-state index in [1.54, 1.807) is 0 Å². The molecule has 0 radical (unpaired) electrons. The predicted octanol–water partition coefficient (Wildman–Crippen LogP) is 1.41. The number of nitrogens with zero attached hydrogens (tertiary/aromatic N) is 2. The Morgan fingerprint density at radius 3 is 2.94 bits per heavy atom. The van der Waals surface area contributed by atoms with E-state index in [0.29, 0.717) is 5.69 Å². The van der Waals surface area contributed by atoms with Gasteiger partial charge in [-0.15, -0.1) is 0 Å². The lowest BCUT2D eigenvalue weighted by Gasteiger charge is -2.22. The zero-order valence-electron chi connectivity index (χ0n) is 10.3. The van der Waals surface area contributed by atoms with Gasteiger partial charge in [0.25, 0.3) is 0 Å². The third kappa shape index (κ3) is 3.32. The van der Waals surface area contributed by atoms with Gasteiger partial charge in [-0.05, 0) is 36.9 Å². The van der Waals surface area contributed by atoms with Crippen LogP contribution in [-0.4, -0.2) is 24.3 Å². The molecule has 0 bridgehead atoms. The van der Waals surface area contributed by atoms with E-state index in [4.69, 9.17) is 10.00 Å². The molecule has 1 aliphatic rings. The van der Waals surface area contributed by atoms with Gasteiger partial charge in [0.2, 0.25) is 0 Å². The second-order valence-electron chi connectivity index (χ2n) is 4.64. The molecule has 4 heteroatoms. The third-order valence-electron chi connectivity index (χ3n) is 3.28. The zero-order valence-corrected chi connectivity index (χ0v) is 10.3. The molecule has 17 heavy (non-hydrogen) atoms. The normalized spacial score (nSPS) is 16.9. The Kier molecular flexibility index (Phi) is 4.18. The highest BCUT2D eigenvalue weighted by atomic mass is 16.5. The number of hydrogen-bond acceptors (Lipinski definition) is 3. The van der Waals surface area contributed by atoms with E-state index in [2.05, 4.69) is 11.4 Å². The molecule has 1 fully saturated rings. The van der Waals surface area contributed by atoms with E-state index in [-0.39, 0.29) is 0 Å². The number of nitriles is 1. The molecular formula is C13H19N3O. The summed E-state index contributed by atoms with van der Waals surface area (Å²) in [6, 6.07) is 4.12. The van der Waals surface area contributed by atoms with Crippen molar-refractivity contribution in [1.82, 2.24) is 9.88 Å². The Bertz CT molecular complexity index is 399. The molecule has 0 atom stereocenters. The van der Waals surface area contributed by atoms with Gasteiger partial charge in [-0.25, -0.2) is 0 Å². The Balaban J connectivity index is 1.75. The average molecular weight is 233 g/mol. The van der Waals surface area contributed by atoms with Crippen LogP contribution in [0.2, 0.25) is 0 Å². The number of aryl methyl sites for hydroxylation is 1. The van der Waals surface area contributed by atoms with Crippen LogP contribution in [0.1, 0.15) is 24.1 Å². The second kappa shape index (κ2) is 5.85. The standard InChI is InChI=1S/C13H19N3O/c1-16-10-12(6-13(16)7-14)9-15-8-11-2-4-17-5-3-11/h6,10-11,15H,2-5,8-9H2,1H3. The van der Waals surface area contributed by atoms with E-state index < -0.39 is 0 Å². The van der Waals surface area contributed by atoms with Crippen molar-refractivity contribution in [3.05, 3.63) is 23.5 Å². The summed E-state index contributed by atoms with van der Waals surface area (Å²) in [5, 5.41) is 12.3. The Hall–Kier alpha value is -1.31. The van der Waals surface area contributed by atoms with E-state index >= 15 is 0 Å². The summed E-state index contributed by atoms with van der Waals surface area (Å²) in [7, 11) is 1.90. The fraction of sp³-hybridized carbons (Fsp3) is 0.615. The average Bonchev–Trinajstić information content (AvgIpc) is 2.71. The highest BCUT2D eigenvalue weighted by Gasteiger charge is 2.13. The zero-order chi connectivity index (χ0) is 12.1. The Morgan fingerprint density at radius 1 is 1.53 bits per heavy atom. The quantitative estimate of drug-likeness (QED) is 0.855. The first-order chi connectivity index (χ1) is 8.29. The fourth-order valence-electron chi connectivity index (χ4n) is 2.21. The van der Waals surface area contributed by atoms with Crippen LogP contribution >= 0.6 is 0 Å². The van der Waals surface area contributed by atoms with Crippen LogP contribution in [0.15, 0.2) is 12.3 Å². The minimum atomic E-state index is 0.716. The number of rotatable bonds is 4. The molecule has 1 aromatic rings. The van der Waals surface area contributed by atoms with Gasteiger partial charge in [0, 0.05) is 33.0 Å². The molecule has 1 saturated heterocycles. The van der Waals surface area contributed by atoms with Gasteiger partial charge in [0.15, 0.2) is 0 Å². The molecule has 0 aromatic carbocycles. The summed E-state index contributed by atoms with van der Waals surface area (Å²) in [4.78, 5) is 0. The van der Waals surface area contributed by atoms with Gasteiger partial charge in [-0.1, -0.05) is 0 Å². The first kappa shape index (κ1) is 12.2. The molecule has 0 spiro atoms. The summed E-state index contributed by atoms with van der Waals surface area (Å²) >= 11 is 0. The Morgan fingerprint density at radius 2 is 2.29 bits per heavy atom. The number of aromatic nitrogens is 1.